The maximum atomic E-state index is 12.2. The maximum Gasteiger partial charge on any atom is 0.242 e. The molecule has 0 aliphatic heterocycles. The van der Waals surface area contributed by atoms with Crippen LogP contribution in [0, 0.1) is 5.92 Å². The Kier molecular flexibility index (Phi) is 9.64. The van der Waals surface area contributed by atoms with E-state index in [4.69, 9.17) is 0 Å². The Labute approximate surface area is 162 Å². The van der Waals surface area contributed by atoms with Crippen molar-refractivity contribution in [2.45, 2.75) is 92.0 Å². The van der Waals surface area contributed by atoms with E-state index >= 15 is 0 Å². The van der Waals surface area contributed by atoms with Crippen molar-refractivity contribution in [2.24, 2.45) is 5.92 Å². The van der Waals surface area contributed by atoms with Crippen molar-refractivity contribution in [3.63, 3.8) is 0 Å². The van der Waals surface area contributed by atoms with E-state index in [1.54, 1.807) is 34.6 Å². The smallest absolute Gasteiger partial charge is 0.242 e. The molecule has 4 atom stereocenters. The molecule has 0 spiro atoms. The first kappa shape index (κ1) is 25.0. The van der Waals surface area contributed by atoms with E-state index in [-0.39, 0.29) is 23.1 Å². The molecule has 27 heavy (non-hydrogen) atoms. The molecule has 0 aliphatic rings. The zero-order valence-electron chi connectivity index (χ0n) is 18.0. The summed E-state index contributed by atoms with van der Waals surface area (Å²) in [7, 11) is 0. The van der Waals surface area contributed by atoms with Gasteiger partial charge in [-0.3, -0.25) is 19.2 Å². The van der Waals surface area contributed by atoms with Gasteiger partial charge in [0, 0.05) is 11.5 Å². The predicted molar refractivity (Wildman–Crippen MR) is 105 cm³/mol. The van der Waals surface area contributed by atoms with Gasteiger partial charge in [-0.2, -0.15) is 0 Å². The molecule has 156 valence electrons. The summed E-state index contributed by atoms with van der Waals surface area (Å²) >= 11 is 0. The number of carbonyl (C=O) groups is 4. The van der Waals surface area contributed by atoms with Gasteiger partial charge < -0.3 is 21.3 Å². The van der Waals surface area contributed by atoms with Crippen LogP contribution < -0.4 is 21.3 Å². The molecule has 0 fully saturated rings. The Morgan fingerprint density at radius 1 is 0.593 bits per heavy atom. The highest BCUT2D eigenvalue weighted by Crippen LogP contribution is 2.02. The van der Waals surface area contributed by atoms with Crippen molar-refractivity contribution in [1.82, 2.24) is 21.3 Å². The van der Waals surface area contributed by atoms with Crippen molar-refractivity contribution in [2.75, 3.05) is 0 Å². The summed E-state index contributed by atoms with van der Waals surface area (Å²) in [5.41, 5.74) is -0.237. The minimum absolute atomic E-state index is 0.0807. The summed E-state index contributed by atoms with van der Waals surface area (Å²) in [5, 5.41) is 10.9. The number of rotatable bonds is 9. The van der Waals surface area contributed by atoms with E-state index < -0.39 is 36.0 Å². The Morgan fingerprint density at radius 3 is 1.26 bits per heavy atom. The van der Waals surface area contributed by atoms with Crippen LogP contribution in [0.1, 0.15) is 62.3 Å². The first-order valence-corrected chi connectivity index (χ1v) is 9.38. The van der Waals surface area contributed by atoms with Gasteiger partial charge in [-0.05, 0) is 48.5 Å². The maximum absolute atomic E-state index is 12.2. The molecule has 8 heteroatoms. The van der Waals surface area contributed by atoms with Crippen LogP contribution >= 0.6 is 0 Å². The van der Waals surface area contributed by atoms with E-state index in [0.29, 0.717) is 0 Å². The molecule has 4 N–H and O–H groups in total. The van der Waals surface area contributed by atoms with Gasteiger partial charge >= 0.3 is 0 Å². The molecular weight excluding hydrogens is 348 g/mol. The molecule has 8 nitrogen and oxygen atoms in total. The van der Waals surface area contributed by atoms with Crippen molar-refractivity contribution >= 4 is 23.5 Å². The summed E-state index contributed by atoms with van der Waals surface area (Å²) in [6.45, 7) is 15.8. The summed E-state index contributed by atoms with van der Waals surface area (Å²) in [6, 6.07) is -2.72. The summed E-state index contributed by atoms with van der Waals surface area (Å²) < 4.78 is 0. The third-order valence-corrected chi connectivity index (χ3v) is 3.90. The molecular formula is C19H36N4O4. The van der Waals surface area contributed by atoms with Crippen LogP contribution in [-0.2, 0) is 19.2 Å². The lowest BCUT2D eigenvalue weighted by Gasteiger charge is -2.26. The van der Waals surface area contributed by atoms with E-state index in [0.717, 1.165) is 0 Å². The Morgan fingerprint density at radius 2 is 0.926 bits per heavy atom. The average molecular weight is 385 g/mol. The first-order valence-electron chi connectivity index (χ1n) is 9.38. The highest BCUT2D eigenvalue weighted by molar-refractivity contribution is 5.94. The van der Waals surface area contributed by atoms with Gasteiger partial charge in [-0.1, -0.05) is 13.8 Å². The number of hydrogen-bond donors (Lipinski definition) is 4. The monoisotopic (exact) mass is 384 g/mol. The van der Waals surface area contributed by atoms with E-state index in [2.05, 4.69) is 21.3 Å². The molecule has 0 saturated carbocycles. The minimum atomic E-state index is -0.829. The van der Waals surface area contributed by atoms with Crippen LogP contribution in [0.25, 0.3) is 0 Å². The van der Waals surface area contributed by atoms with Gasteiger partial charge in [-0.25, -0.2) is 0 Å². The number of amides is 3. The number of carbonyl (C=O) groups excluding carboxylic acids is 4. The van der Waals surface area contributed by atoms with Crippen molar-refractivity contribution in [3.05, 3.63) is 0 Å². The van der Waals surface area contributed by atoms with Crippen LogP contribution in [0.15, 0.2) is 0 Å². The van der Waals surface area contributed by atoms with Crippen LogP contribution in [0.3, 0.4) is 0 Å². The van der Waals surface area contributed by atoms with Crippen molar-refractivity contribution in [3.8, 4) is 0 Å². The molecule has 0 aromatic carbocycles. The van der Waals surface area contributed by atoms with Crippen LogP contribution in [0.4, 0.5) is 0 Å². The highest BCUT2D eigenvalue weighted by Gasteiger charge is 2.26. The van der Waals surface area contributed by atoms with Crippen LogP contribution in [-0.4, -0.2) is 53.2 Å². The van der Waals surface area contributed by atoms with Gasteiger partial charge in [0.05, 0.1) is 12.1 Å². The summed E-state index contributed by atoms with van der Waals surface area (Å²) in [6.07, 6.45) is 0. The topological polar surface area (TPSA) is 116 Å². The quantitative estimate of drug-likeness (QED) is 0.462. The molecule has 0 bridgehead atoms. The number of ketones is 1. The molecule has 3 amide bonds. The third kappa shape index (κ3) is 9.51. The zero-order chi connectivity index (χ0) is 21.5. The van der Waals surface area contributed by atoms with Crippen LogP contribution in [0.2, 0.25) is 0 Å². The molecule has 4 unspecified atom stereocenters. The fraction of sp³-hybridized carbons (Fsp3) is 0.789. The second-order valence-corrected chi connectivity index (χ2v) is 8.36. The molecule has 0 aromatic heterocycles. The van der Waals surface area contributed by atoms with Gasteiger partial charge in [0.25, 0.3) is 0 Å². The molecule has 0 aromatic rings. The average Bonchev–Trinajstić information content (AvgIpc) is 2.51. The molecule has 0 rings (SSSR count). The lowest BCUT2D eigenvalue weighted by Crippen LogP contribution is -2.56. The number of hydrogen-bond acceptors (Lipinski definition) is 5. The first-order chi connectivity index (χ1) is 12.2. The van der Waals surface area contributed by atoms with Gasteiger partial charge in [0.15, 0.2) is 5.78 Å². The van der Waals surface area contributed by atoms with Crippen LogP contribution in [0.5, 0.6) is 0 Å². The Bertz CT molecular complexity index is 554. The summed E-state index contributed by atoms with van der Waals surface area (Å²) in [5.74, 6) is -1.50. The summed E-state index contributed by atoms with van der Waals surface area (Å²) in [4.78, 5) is 48.4. The SMILES string of the molecule is CC(C)C(=O)C(C)NC(=O)C(C)NC(=O)C(C)NC(=O)C(C)NC(C)(C)C. The molecule has 0 heterocycles. The second-order valence-electron chi connectivity index (χ2n) is 8.36. The Balaban J connectivity index is 4.59. The Hall–Kier alpha value is -1.96. The normalized spacial score (nSPS) is 16.1. The standard InChI is InChI=1S/C19H36N4O4/c1-10(2)15(24)11(3)20-16(25)12(4)21-17(26)13(5)22-18(27)14(6)23-19(7,8)9/h10-14,23H,1-9H3,(H,20,25)(H,21,26)(H,22,27). The zero-order valence-corrected chi connectivity index (χ0v) is 18.0. The molecule has 0 radical (unpaired) electrons. The van der Waals surface area contributed by atoms with Gasteiger partial charge in [-0.15, -0.1) is 0 Å². The van der Waals surface area contributed by atoms with E-state index in [9.17, 15) is 19.2 Å². The third-order valence-electron chi connectivity index (χ3n) is 3.90. The van der Waals surface area contributed by atoms with Crippen molar-refractivity contribution in [1.29, 1.82) is 0 Å². The lowest BCUT2D eigenvalue weighted by atomic mass is 10.0. The number of nitrogens with one attached hydrogen (secondary N) is 4. The van der Waals surface area contributed by atoms with E-state index in [1.807, 2.05) is 20.8 Å². The fourth-order valence-electron chi connectivity index (χ4n) is 2.43. The fourth-order valence-corrected chi connectivity index (χ4v) is 2.43. The largest absolute Gasteiger partial charge is 0.345 e. The van der Waals surface area contributed by atoms with Gasteiger partial charge in [0.2, 0.25) is 17.7 Å². The van der Waals surface area contributed by atoms with Gasteiger partial charge in [0.1, 0.15) is 12.1 Å². The number of Topliss-reactive ketones (excluding diaryl/α,β-unsaturated/α-hetero) is 1. The highest BCUT2D eigenvalue weighted by atomic mass is 16.2. The second kappa shape index (κ2) is 10.4. The predicted octanol–water partition coefficient (Wildman–Crippen LogP) is 0.502. The molecule has 0 aliphatic carbocycles. The van der Waals surface area contributed by atoms with Crippen molar-refractivity contribution < 1.29 is 19.2 Å². The molecule has 0 saturated heterocycles. The minimum Gasteiger partial charge on any atom is -0.345 e. The van der Waals surface area contributed by atoms with E-state index in [1.165, 1.54) is 6.92 Å². The lowest BCUT2D eigenvalue weighted by molar-refractivity contribution is -0.133.